The number of carbonyl (C=O) groups is 2. The molecule has 1 amide bonds. The molecule has 5 nitrogen and oxygen atoms in total. The summed E-state index contributed by atoms with van der Waals surface area (Å²) in [6.07, 6.45) is -0.787. The van der Waals surface area contributed by atoms with E-state index in [4.69, 9.17) is 5.11 Å². The first-order valence-electron chi connectivity index (χ1n) is 5.90. The molecule has 0 spiro atoms. The quantitative estimate of drug-likeness (QED) is 0.793. The Bertz CT molecular complexity index is 446. The molecule has 0 aromatic carbocycles. The monoisotopic (exact) mass is 274 g/mol. The first-order valence-corrected chi connectivity index (χ1v) is 5.90. The number of amides is 1. The predicted molar refractivity (Wildman–Crippen MR) is 64.2 cm³/mol. The Kier molecular flexibility index (Phi) is 5.47. The van der Waals surface area contributed by atoms with E-state index in [2.05, 4.69) is 5.32 Å². The highest BCUT2D eigenvalue weighted by Gasteiger charge is 2.18. The lowest BCUT2D eigenvalue weighted by molar-refractivity contribution is -0.141. The Morgan fingerprint density at radius 3 is 2.68 bits per heavy atom. The number of carboxylic acid groups (broad SMARTS) is 1. The fourth-order valence-corrected chi connectivity index (χ4v) is 1.64. The van der Waals surface area contributed by atoms with Crippen LogP contribution < -0.4 is 5.32 Å². The summed E-state index contributed by atoms with van der Waals surface area (Å²) in [6, 6.07) is 2.91. The lowest BCUT2D eigenvalue weighted by Gasteiger charge is -2.12. The maximum absolute atomic E-state index is 12.3. The number of nitrogens with one attached hydrogen (secondary N) is 1. The molecule has 0 aliphatic carbocycles. The van der Waals surface area contributed by atoms with E-state index in [1.165, 1.54) is 18.3 Å². The van der Waals surface area contributed by atoms with Crippen molar-refractivity contribution in [2.24, 2.45) is 5.92 Å². The smallest absolute Gasteiger partial charge is 0.308 e. The van der Waals surface area contributed by atoms with Gasteiger partial charge in [-0.25, -0.2) is 8.78 Å². The van der Waals surface area contributed by atoms with Crippen LogP contribution >= 0.6 is 0 Å². The van der Waals surface area contributed by atoms with Gasteiger partial charge >= 0.3 is 5.97 Å². The molecule has 1 unspecified atom stereocenters. The first-order chi connectivity index (χ1) is 8.95. The molecule has 1 rings (SSSR count). The molecule has 0 fully saturated rings. The van der Waals surface area contributed by atoms with Gasteiger partial charge in [-0.15, -0.1) is 0 Å². The number of hydrogen-bond acceptors (Lipinski definition) is 2. The fraction of sp³-hybridized carbons (Fsp3) is 0.500. The number of halogens is 2. The van der Waals surface area contributed by atoms with Gasteiger partial charge in [-0.2, -0.15) is 0 Å². The molecule has 0 aliphatic heterocycles. The Hall–Kier alpha value is -1.92. The largest absolute Gasteiger partial charge is 0.481 e. The lowest BCUT2D eigenvalue weighted by atomic mass is 10.1. The normalized spacial score (nSPS) is 12.4. The minimum Gasteiger partial charge on any atom is -0.481 e. The lowest BCUT2D eigenvalue weighted by Crippen LogP contribution is -2.33. The van der Waals surface area contributed by atoms with E-state index >= 15 is 0 Å². The average molecular weight is 274 g/mol. The van der Waals surface area contributed by atoms with Crippen LogP contribution in [-0.2, 0) is 11.3 Å². The van der Waals surface area contributed by atoms with Crippen LogP contribution in [0.2, 0.25) is 0 Å². The standard InChI is InChI=1S/C12H16F2N2O3/c1-2-8(12(18)19)6-15-11(17)9-4-3-5-16(9)7-10(13)14/h3-5,8,10H,2,6-7H2,1H3,(H,15,17)(H,18,19). The zero-order valence-corrected chi connectivity index (χ0v) is 10.5. The number of carbonyl (C=O) groups excluding carboxylic acids is 1. The molecule has 0 saturated heterocycles. The van der Waals surface area contributed by atoms with Crippen LogP contribution in [0.5, 0.6) is 0 Å². The zero-order chi connectivity index (χ0) is 14.4. The van der Waals surface area contributed by atoms with Gasteiger partial charge in [0.15, 0.2) is 0 Å². The van der Waals surface area contributed by atoms with Gasteiger partial charge in [0.25, 0.3) is 12.3 Å². The highest BCUT2D eigenvalue weighted by Crippen LogP contribution is 2.07. The maximum atomic E-state index is 12.3. The Morgan fingerprint density at radius 2 is 2.16 bits per heavy atom. The second kappa shape index (κ2) is 6.86. The molecular weight excluding hydrogens is 258 g/mol. The highest BCUT2D eigenvalue weighted by molar-refractivity contribution is 5.93. The summed E-state index contributed by atoms with van der Waals surface area (Å²) in [7, 11) is 0. The number of alkyl halides is 2. The molecule has 0 saturated carbocycles. The summed E-state index contributed by atoms with van der Waals surface area (Å²) in [4.78, 5) is 22.6. The summed E-state index contributed by atoms with van der Waals surface area (Å²) in [5.41, 5.74) is 0.0977. The third-order valence-electron chi connectivity index (χ3n) is 2.75. The summed E-state index contributed by atoms with van der Waals surface area (Å²) >= 11 is 0. The molecule has 0 radical (unpaired) electrons. The van der Waals surface area contributed by atoms with Crippen molar-refractivity contribution < 1.29 is 23.5 Å². The fourth-order valence-electron chi connectivity index (χ4n) is 1.64. The van der Waals surface area contributed by atoms with Gasteiger partial charge in [0.1, 0.15) is 5.69 Å². The van der Waals surface area contributed by atoms with Crippen molar-refractivity contribution in [1.29, 1.82) is 0 Å². The molecule has 106 valence electrons. The van der Waals surface area contributed by atoms with Crippen LogP contribution in [0.25, 0.3) is 0 Å². The van der Waals surface area contributed by atoms with Crippen LogP contribution in [0.1, 0.15) is 23.8 Å². The molecular formula is C12H16F2N2O3. The van der Waals surface area contributed by atoms with Gasteiger partial charge in [0.2, 0.25) is 0 Å². The third-order valence-corrected chi connectivity index (χ3v) is 2.75. The summed E-state index contributed by atoms with van der Waals surface area (Å²) < 4.78 is 25.7. The molecule has 0 bridgehead atoms. The Morgan fingerprint density at radius 1 is 1.47 bits per heavy atom. The van der Waals surface area contributed by atoms with Gasteiger partial charge in [-0.3, -0.25) is 9.59 Å². The second-order valence-corrected chi connectivity index (χ2v) is 4.09. The Balaban J connectivity index is 2.63. The number of carboxylic acids is 1. The van der Waals surface area contributed by atoms with Crippen molar-refractivity contribution >= 4 is 11.9 Å². The minimum absolute atomic E-state index is 0.0233. The molecule has 0 aliphatic rings. The van der Waals surface area contributed by atoms with Crippen molar-refractivity contribution in [3.8, 4) is 0 Å². The predicted octanol–water partition coefficient (Wildman–Crippen LogP) is 1.59. The van der Waals surface area contributed by atoms with Crippen LogP contribution in [-0.4, -0.2) is 34.5 Å². The summed E-state index contributed by atoms with van der Waals surface area (Å²) in [5.74, 6) is -2.22. The maximum Gasteiger partial charge on any atom is 0.308 e. The van der Waals surface area contributed by atoms with Gasteiger partial charge in [-0.1, -0.05) is 6.92 Å². The van der Waals surface area contributed by atoms with E-state index in [1.807, 2.05) is 0 Å². The number of aromatic nitrogens is 1. The molecule has 7 heteroatoms. The van der Waals surface area contributed by atoms with Gasteiger partial charge < -0.3 is 15.0 Å². The molecule has 1 heterocycles. The van der Waals surface area contributed by atoms with Crippen molar-refractivity contribution in [3.63, 3.8) is 0 Å². The molecule has 1 aromatic rings. The van der Waals surface area contributed by atoms with Crippen LogP contribution in [0, 0.1) is 5.92 Å². The zero-order valence-electron chi connectivity index (χ0n) is 10.5. The number of rotatable bonds is 7. The van der Waals surface area contributed by atoms with Crippen molar-refractivity contribution in [2.45, 2.75) is 26.3 Å². The number of nitrogens with zero attached hydrogens (tertiary/aromatic N) is 1. The van der Waals surface area contributed by atoms with E-state index in [0.29, 0.717) is 6.42 Å². The van der Waals surface area contributed by atoms with Gasteiger partial charge in [0, 0.05) is 12.7 Å². The summed E-state index contributed by atoms with van der Waals surface area (Å²) in [5, 5.41) is 11.3. The van der Waals surface area contributed by atoms with E-state index in [0.717, 1.165) is 4.57 Å². The third kappa shape index (κ3) is 4.35. The Labute approximate surface area is 109 Å². The number of aliphatic carboxylic acids is 1. The van der Waals surface area contributed by atoms with Crippen LogP contribution in [0.15, 0.2) is 18.3 Å². The van der Waals surface area contributed by atoms with E-state index in [1.54, 1.807) is 6.92 Å². The van der Waals surface area contributed by atoms with E-state index in [9.17, 15) is 18.4 Å². The minimum atomic E-state index is -2.55. The van der Waals surface area contributed by atoms with Crippen molar-refractivity contribution in [1.82, 2.24) is 9.88 Å². The van der Waals surface area contributed by atoms with Gasteiger partial charge in [0.05, 0.1) is 12.5 Å². The van der Waals surface area contributed by atoms with Crippen LogP contribution in [0.4, 0.5) is 8.78 Å². The average Bonchev–Trinajstić information content (AvgIpc) is 2.76. The van der Waals surface area contributed by atoms with Crippen molar-refractivity contribution in [2.75, 3.05) is 6.54 Å². The molecule has 19 heavy (non-hydrogen) atoms. The molecule has 2 N–H and O–H groups in total. The second-order valence-electron chi connectivity index (χ2n) is 4.09. The van der Waals surface area contributed by atoms with Gasteiger partial charge in [-0.05, 0) is 18.6 Å². The van der Waals surface area contributed by atoms with E-state index in [-0.39, 0.29) is 12.2 Å². The molecule has 1 aromatic heterocycles. The van der Waals surface area contributed by atoms with Crippen LogP contribution in [0.3, 0.4) is 0 Å². The number of hydrogen-bond donors (Lipinski definition) is 2. The first kappa shape index (κ1) is 15.1. The highest BCUT2D eigenvalue weighted by atomic mass is 19.3. The SMILES string of the molecule is CCC(CNC(=O)c1cccn1CC(F)F)C(=O)O. The van der Waals surface area contributed by atoms with Crippen molar-refractivity contribution in [3.05, 3.63) is 24.0 Å². The molecule has 1 atom stereocenters. The summed E-state index contributed by atoms with van der Waals surface area (Å²) in [6.45, 7) is 1.11. The van der Waals surface area contributed by atoms with E-state index < -0.39 is 30.8 Å². The topological polar surface area (TPSA) is 71.3 Å².